The highest BCUT2D eigenvalue weighted by atomic mass is 19.3. The van der Waals surface area contributed by atoms with E-state index >= 15 is 0 Å². The molecule has 3 nitrogen and oxygen atoms in total. The van der Waals surface area contributed by atoms with Gasteiger partial charge in [-0.2, -0.15) is 0 Å². The Morgan fingerprint density at radius 2 is 2.20 bits per heavy atom. The average Bonchev–Trinajstić information content (AvgIpc) is 2.17. The normalized spacial score (nSPS) is 34.5. The van der Waals surface area contributed by atoms with Crippen LogP contribution in [0, 0.1) is 5.41 Å². The summed E-state index contributed by atoms with van der Waals surface area (Å²) in [6, 6.07) is 0.157. The summed E-state index contributed by atoms with van der Waals surface area (Å²) in [4.78, 5) is 0. The van der Waals surface area contributed by atoms with Crippen LogP contribution in [0.25, 0.3) is 0 Å². The van der Waals surface area contributed by atoms with Crippen LogP contribution >= 0.6 is 0 Å². The van der Waals surface area contributed by atoms with Gasteiger partial charge in [0.25, 0.3) is 6.43 Å². The van der Waals surface area contributed by atoms with E-state index in [1.165, 1.54) is 0 Å². The maximum Gasteiger partial charge on any atom is 0.278 e. The molecule has 2 unspecified atom stereocenters. The molecule has 84 valence electrons. The molecule has 2 aliphatic heterocycles. The predicted octanol–water partition coefficient (Wildman–Crippen LogP) is 1.40. The smallest absolute Gasteiger partial charge is 0.278 e. The molecule has 4 N–H and O–H groups in total. The largest absolute Gasteiger partial charge is 0.397 e. The van der Waals surface area contributed by atoms with Crippen molar-refractivity contribution in [2.75, 3.05) is 0 Å². The fraction of sp³-hybridized carbons (Fsp3) is 0.700. The van der Waals surface area contributed by atoms with Crippen LogP contribution < -0.4 is 11.1 Å². The van der Waals surface area contributed by atoms with Crippen LogP contribution in [0.1, 0.15) is 25.7 Å². The van der Waals surface area contributed by atoms with Crippen molar-refractivity contribution in [1.29, 1.82) is 5.41 Å². The molecule has 0 spiro atoms. The molecule has 0 radical (unpaired) electrons. The monoisotopic (exact) mass is 215 g/mol. The van der Waals surface area contributed by atoms with E-state index in [0.717, 1.165) is 19.3 Å². The lowest BCUT2D eigenvalue weighted by molar-refractivity contribution is 0.184. The molecule has 0 aromatic carbocycles. The summed E-state index contributed by atoms with van der Waals surface area (Å²) in [5.41, 5.74) is 5.59. The van der Waals surface area contributed by atoms with Crippen molar-refractivity contribution in [2.24, 2.45) is 5.73 Å². The molecule has 2 aliphatic rings. The molecule has 0 aromatic heterocycles. The van der Waals surface area contributed by atoms with Crippen molar-refractivity contribution in [3.8, 4) is 0 Å². The van der Waals surface area contributed by atoms with Crippen molar-refractivity contribution in [3.05, 3.63) is 11.3 Å². The molecule has 0 saturated carbocycles. The van der Waals surface area contributed by atoms with Crippen molar-refractivity contribution in [1.82, 2.24) is 5.32 Å². The van der Waals surface area contributed by atoms with Gasteiger partial charge in [0.15, 0.2) is 0 Å². The fourth-order valence-corrected chi connectivity index (χ4v) is 2.47. The lowest BCUT2D eigenvalue weighted by Gasteiger charge is -2.38. The number of hydrogen-bond donors (Lipinski definition) is 3. The topological polar surface area (TPSA) is 61.9 Å². The summed E-state index contributed by atoms with van der Waals surface area (Å²) in [7, 11) is 0. The van der Waals surface area contributed by atoms with E-state index in [2.05, 4.69) is 5.32 Å². The molecule has 0 aromatic rings. The van der Waals surface area contributed by atoms with E-state index in [0.29, 0.717) is 17.7 Å². The molecule has 2 saturated heterocycles. The Kier molecular flexibility index (Phi) is 2.73. The van der Waals surface area contributed by atoms with Crippen molar-refractivity contribution in [3.63, 3.8) is 0 Å². The van der Waals surface area contributed by atoms with Crippen molar-refractivity contribution in [2.45, 2.75) is 44.2 Å². The Balaban J connectivity index is 2.30. The number of nitrogens with two attached hydrogens (primary N) is 1. The lowest BCUT2D eigenvalue weighted by Crippen LogP contribution is -2.51. The zero-order valence-electron chi connectivity index (χ0n) is 8.39. The number of fused-ring (bicyclic) bond motifs is 2. The molecule has 2 bridgehead atoms. The second-order valence-electron chi connectivity index (χ2n) is 4.20. The molecule has 15 heavy (non-hydrogen) atoms. The van der Waals surface area contributed by atoms with Crippen LogP contribution in [0.3, 0.4) is 0 Å². The van der Waals surface area contributed by atoms with Gasteiger partial charge in [0, 0.05) is 29.8 Å². The third-order valence-electron chi connectivity index (χ3n) is 3.15. The third kappa shape index (κ3) is 1.88. The van der Waals surface area contributed by atoms with Crippen LogP contribution in [0.5, 0.6) is 0 Å². The van der Waals surface area contributed by atoms with Gasteiger partial charge < -0.3 is 16.5 Å². The van der Waals surface area contributed by atoms with E-state index < -0.39 is 12.1 Å². The quantitative estimate of drug-likeness (QED) is 0.619. The summed E-state index contributed by atoms with van der Waals surface area (Å²) in [6.45, 7) is 0. The first-order valence-corrected chi connectivity index (χ1v) is 5.21. The Bertz CT molecular complexity index is 312. The minimum absolute atomic E-state index is 0.126. The fourth-order valence-electron chi connectivity index (χ4n) is 2.47. The lowest BCUT2D eigenvalue weighted by atomic mass is 9.81. The summed E-state index contributed by atoms with van der Waals surface area (Å²) < 4.78 is 25.0. The van der Waals surface area contributed by atoms with Gasteiger partial charge in [-0.05, 0) is 19.3 Å². The van der Waals surface area contributed by atoms with Gasteiger partial charge >= 0.3 is 0 Å². The average molecular weight is 215 g/mol. The Morgan fingerprint density at radius 3 is 2.87 bits per heavy atom. The summed E-state index contributed by atoms with van der Waals surface area (Å²) in [6.07, 6.45) is 0.734. The van der Waals surface area contributed by atoms with Crippen molar-refractivity contribution < 1.29 is 8.78 Å². The highest BCUT2D eigenvalue weighted by Gasteiger charge is 2.34. The maximum atomic E-state index is 12.5. The van der Waals surface area contributed by atoms with Gasteiger partial charge in [-0.1, -0.05) is 0 Å². The minimum atomic E-state index is -2.65. The van der Waals surface area contributed by atoms with E-state index in [1.54, 1.807) is 0 Å². The van der Waals surface area contributed by atoms with Gasteiger partial charge in [0.1, 0.15) is 0 Å². The number of piperidine rings is 2. The first-order chi connectivity index (χ1) is 7.09. The molecule has 2 atom stereocenters. The predicted molar refractivity (Wildman–Crippen MR) is 54.1 cm³/mol. The molecular formula is C10H15F2N3. The number of rotatable bonds is 1. The SMILES string of the molecule is N=C1CC2CCCC(N2)/C1=C(/N)C(F)F. The van der Waals surface area contributed by atoms with E-state index in [9.17, 15) is 8.78 Å². The number of hydrogen-bond acceptors (Lipinski definition) is 3. The second-order valence-corrected chi connectivity index (χ2v) is 4.20. The van der Waals surface area contributed by atoms with Crippen LogP contribution in [0.4, 0.5) is 8.78 Å². The second kappa shape index (κ2) is 3.89. The van der Waals surface area contributed by atoms with Gasteiger partial charge in [-0.15, -0.1) is 0 Å². The number of nitrogens with one attached hydrogen (secondary N) is 2. The first kappa shape index (κ1) is 10.5. The van der Waals surface area contributed by atoms with E-state index in [-0.39, 0.29) is 12.1 Å². The Labute approximate surface area is 87.2 Å². The van der Waals surface area contributed by atoms with Gasteiger partial charge in [-0.25, -0.2) is 8.78 Å². The van der Waals surface area contributed by atoms with Gasteiger partial charge in [0.05, 0.1) is 5.70 Å². The molecule has 2 rings (SSSR count). The van der Waals surface area contributed by atoms with Gasteiger partial charge in [-0.3, -0.25) is 0 Å². The van der Waals surface area contributed by atoms with Crippen molar-refractivity contribution >= 4 is 5.71 Å². The zero-order chi connectivity index (χ0) is 11.0. The standard InChI is InChI=1S/C10H15F2N3/c11-10(12)9(14)8-6(13)4-5-2-1-3-7(8)15-5/h5,7,10,13,15H,1-4,14H2/b9-8+,13-6?. The molecule has 5 heteroatoms. The number of alkyl halides is 2. The first-order valence-electron chi connectivity index (χ1n) is 5.21. The minimum Gasteiger partial charge on any atom is -0.397 e. The van der Waals surface area contributed by atoms with Crippen LogP contribution in [-0.2, 0) is 0 Å². The molecule has 0 aliphatic carbocycles. The maximum absolute atomic E-state index is 12.5. The van der Waals surface area contributed by atoms with Gasteiger partial charge in [0.2, 0.25) is 0 Å². The molecular weight excluding hydrogens is 200 g/mol. The highest BCUT2D eigenvalue weighted by Crippen LogP contribution is 2.29. The van der Waals surface area contributed by atoms with E-state index in [4.69, 9.17) is 11.1 Å². The zero-order valence-corrected chi connectivity index (χ0v) is 8.39. The summed E-state index contributed by atoms with van der Waals surface area (Å²) in [5.74, 6) is 0. The molecule has 2 heterocycles. The highest BCUT2D eigenvalue weighted by molar-refractivity contribution is 6.00. The van der Waals surface area contributed by atoms with Crippen LogP contribution in [-0.4, -0.2) is 24.2 Å². The molecule has 0 amide bonds. The summed E-state index contributed by atoms with van der Waals surface area (Å²) >= 11 is 0. The number of halogens is 2. The molecule has 2 fully saturated rings. The van der Waals surface area contributed by atoms with Crippen LogP contribution in [0.2, 0.25) is 0 Å². The summed E-state index contributed by atoms with van der Waals surface area (Å²) in [5, 5.41) is 11.0. The van der Waals surface area contributed by atoms with E-state index in [1.807, 2.05) is 0 Å². The van der Waals surface area contributed by atoms with Crippen LogP contribution in [0.15, 0.2) is 11.3 Å². The Morgan fingerprint density at radius 1 is 1.47 bits per heavy atom. The Hall–Kier alpha value is -0.970. The third-order valence-corrected chi connectivity index (χ3v) is 3.15. The number of allylic oxidation sites excluding steroid dienone is 1.